The van der Waals surface area contributed by atoms with Crippen molar-refractivity contribution in [3.8, 4) is 0 Å². The number of rotatable bonds is 5. The number of nitrogens with one attached hydrogen (secondary N) is 1. The predicted octanol–water partition coefficient (Wildman–Crippen LogP) is 5.67. The lowest BCUT2D eigenvalue weighted by Gasteiger charge is -2.49. The van der Waals surface area contributed by atoms with E-state index in [0.29, 0.717) is 23.4 Å². The molecule has 184 valence electrons. The van der Waals surface area contributed by atoms with Crippen molar-refractivity contribution in [2.45, 2.75) is 110 Å². The van der Waals surface area contributed by atoms with Crippen molar-refractivity contribution in [2.75, 3.05) is 19.7 Å². The van der Waals surface area contributed by atoms with Crippen molar-refractivity contribution in [3.05, 3.63) is 21.4 Å². The zero-order valence-electron chi connectivity index (χ0n) is 21.3. The van der Waals surface area contributed by atoms with Gasteiger partial charge in [0.05, 0.1) is 12.2 Å². The molecule has 3 atom stereocenters. The first kappa shape index (κ1) is 23.8. The van der Waals surface area contributed by atoms with E-state index in [0.717, 1.165) is 70.4 Å². The first-order valence-electron chi connectivity index (χ1n) is 13.6. The van der Waals surface area contributed by atoms with Gasteiger partial charge in [0.25, 0.3) is 0 Å². The number of likely N-dealkylation sites (tertiary alicyclic amines) is 1. The fourth-order valence-corrected chi connectivity index (χ4v) is 8.30. The largest absolute Gasteiger partial charge is 0.370 e. The molecular formula is C28H44N2O2S. The first-order valence-corrected chi connectivity index (χ1v) is 14.4. The zero-order chi connectivity index (χ0) is 23.2. The molecule has 2 aliphatic carbocycles. The molecule has 1 saturated heterocycles. The molecule has 3 heterocycles. The summed E-state index contributed by atoms with van der Waals surface area (Å²) in [7, 11) is 0. The first-order chi connectivity index (χ1) is 15.8. The molecule has 1 N–H and O–H groups in total. The number of nitrogens with zero attached hydrogens (tertiary/aromatic N) is 1. The quantitative estimate of drug-likeness (QED) is 0.600. The van der Waals surface area contributed by atoms with Crippen LogP contribution in [0.15, 0.2) is 6.07 Å². The van der Waals surface area contributed by atoms with Gasteiger partial charge in [-0.1, -0.05) is 27.2 Å². The molecule has 0 bridgehead atoms. The van der Waals surface area contributed by atoms with Crippen LogP contribution >= 0.6 is 11.3 Å². The van der Waals surface area contributed by atoms with Crippen molar-refractivity contribution in [2.24, 2.45) is 17.3 Å². The van der Waals surface area contributed by atoms with E-state index in [1.807, 2.05) is 11.3 Å². The second kappa shape index (κ2) is 9.28. The summed E-state index contributed by atoms with van der Waals surface area (Å²) >= 11 is 2.02. The molecule has 5 rings (SSSR count). The standard InChI is InChI=1S/C28H44N2O2S/c1-5-23-15-24-25(33-23)8-12-32-28(24)10-11-30(19(2)16-28)18-20-13-22(14-20)29-26(31)21-7-6-9-27(3,4)17-21/h15,19-22H,5-14,16-18H2,1-4H3,(H,29,31)/t19-,20-,21?,22+,28+/m0/s1. The Labute approximate surface area is 204 Å². The van der Waals surface area contributed by atoms with Gasteiger partial charge in [-0.25, -0.2) is 0 Å². The summed E-state index contributed by atoms with van der Waals surface area (Å²) in [4.78, 5) is 18.6. The topological polar surface area (TPSA) is 41.6 Å². The molecular weight excluding hydrogens is 428 g/mol. The van der Waals surface area contributed by atoms with Crippen LogP contribution in [-0.2, 0) is 28.0 Å². The lowest BCUT2D eigenvalue weighted by Crippen LogP contribution is -2.54. The van der Waals surface area contributed by atoms with Gasteiger partial charge in [0, 0.05) is 47.3 Å². The number of aryl methyl sites for hydroxylation is 1. The average Bonchev–Trinajstić information content (AvgIpc) is 3.18. The molecule has 5 heteroatoms. The monoisotopic (exact) mass is 472 g/mol. The maximum Gasteiger partial charge on any atom is 0.223 e. The van der Waals surface area contributed by atoms with Gasteiger partial charge in [0.2, 0.25) is 5.91 Å². The fraction of sp³-hybridized carbons (Fsp3) is 0.821. The minimum absolute atomic E-state index is 0.0443. The Hall–Kier alpha value is -0.910. The minimum Gasteiger partial charge on any atom is -0.370 e. The van der Waals surface area contributed by atoms with E-state index in [1.54, 1.807) is 4.88 Å². The molecule has 2 aliphatic heterocycles. The van der Waals surface area contributed by atoms with Crippen molar-refractivity contribution in [1.82, 2.24) is 10.2 Å². The summed E-state index contributed by atoms with van der Waals surface area (Å²) in [6, 6.07) is 3.41. The van der Waals surface area contributed by atoms with Gasteiger partial charge in [-0.05, 0) is 81.3 Å². The van der Waals surface area contributed by atoms with E-state index in [4.69, 9.17) is 4.74 Å². The van der Waals surface area contributed by atoms with Crippen LogP contribution in [0.1, 0.15) is 94.4 Å². The number of carbonyl (C=O) groups excluding carboxylic acids is 1. The van der Waals surface area contributed by atoms with Gasteiger partial charge in [0.1, 0.15) is 0 Å². The molecule has 1 aromatic heterocycles. The smallest absolute Gasteiger partial charge is 0.223 e. The minimum atomic E-state index is -0.0443. The summed E-state index contributed by atoms with van der Waals surface area (Å²) in [5.74, 6) is 1.29. The third kappa shape index (κ3) is 4.92. The zero-order valence-corrected chi connectivity index (χ0v) is 22.1. The molecule has 1 amide bonds. The Balaban J connectivity index is 1.10. The number of hydrogen-bond donors (Lipinski definition) is 1. The lowest BCUT2D eigenvalue weighted by atomic mass is 9.71. The van der Waals surface area contributed by atoms with Crippen LogP contribution < -0.4 is 5.32 Å². The highest BCUT2D eigenvalue weighted by Crippen LogP contribution is 2.47. The second-order valence-electron chi connectivity index (χ2n) is 12.3. The Morgan fingerprint density at radius 2 is 2.09 bits per heavy atom. The van der Waals surface area contributed by atoms with E-state index in [2.05, 4.69) is 44.0 Å². The number of piperidine rings is 1. The molecule has 33 heavy (non-hydrogen) atoms. The highest BCUT2D eigenvalue weighted by Gasteiger charge is 2.45. The van der Waals surface area contributed by atoms with E-state index in [-0.39, 0.29) is 11.5 Å². The number of carbonyl (C=O) groups is 1. The number of thiophene rings is 1. The molecule has 0 aromatic carbocycles. The van der Waals surface area contributed by atoms with Gasteiger partial charge < -0.3 is 15.0 Å². The predicted molar refractivity (Wildman–Crippen MR) is 136 cm³/mol. The van der Waals surface area contributed by atoms with E-state index in [1.165, 1.54) is 29.8 Å². The third-order valence-electron chi connectivity index (χ3n) is 9.11. The molecule has 1 spiro atoms. The van der Waals surface area contributed by atoms with Gasteiger partial charge in [0.15, 0.2) is 0 Å². The summed E-state index contributed by atoms with van der Waals surface area (Å²) < 4.78 is 6.52. The Morgan fingerprint density at radius 3 is 2.82 bits per heavy atom. The SMILES string of the molecule is CCc1cc2c(s1)CCO[C@@]21CCN(C[C@H]2C[C@@H](NC(=O)C3CCCC(C)(C)C3)C2)[C@@H](C)C1. The van der Waals surface area contributed by atoms with Crippen molar-refractivity contribution in [3.63, 3.8) is 0 Å². The van der Waals surface area contributed by atoms with Crippen molar-refractivity contribution in [1.29, 1.82) is 0 Å². The van der Waals surface area contributed by atoms with E-state index in [9.17, 15) is 4.79 Å². The Bertz CT molecular complexity index is 858. The maximum absolute atomic E-state index is 12.8. The van der Waals surface area contributed by atoms with Gasteiger partial charge in [-0.3, -0.25) is 4.79 Å². The van der Waals surface area contributed by atoms with Crippen LogP contribution in [0.5, 0.6) is 0 Å². The summed E-state index contributed by atoms with van der Waals surface area (Å²) in [6.07, 6.45) is 11.4. The van der Waals surface area contributed by atoms with Crippen LogP contribution in [-0.4, -0.2) is 42.6 Å². The molecule has 2 saturated carbocycles. The fourth-order valence-electron chi connectivity index (χ4n) is 7.12. The van der Waals surface area contributed by atoms with Crippen LogP contribution in [0.2, 0.25) is 0 Å². The number of ether oxygens (including phenoxy) is 1. The number of fused-ring (bicyclic) bond motifs is 2. The van der Waals surface area contributed by atoms with Gasteiger partial charge >= 0.3 is 0 Å². The molecule has 1 aromatic rings. The van der Waals surface area contributed by atoms with Crippen LogP contribution in [0.4, 0.5) is 0 Å². The van der Waals surface area contributed by atoms with Crippen LogP contribution in [0, 0.1) is 17.3 Å². The molecule has 4 aliphatic rings. The average molecular weight is 473 g/mol. The Morgan fingerprint density at radius 1 is 1.27 bits per heavy atom. The van der Waals surface area contributed by atoms with Crippen LogP contribution in [0.3, 0.4) is 0 Å². The number of hydrogen-bond acceptors (Lipinski definition) is 4. The summed E-state index contributed by atoms with van der Waals surface area (Å²) in [5.41, 5.74) is 1.80. The third-order valence-corrected chi connectivity index (χ3v) is 10.4. The molecule has 4 nitrogen and oxygen atoms in total. The van der Waals surface area contributed by atoms with Gasteiger partial charge in [-0.2, -0.15) is 0 Å². The van der Waals surface area contributed by atoms with E-state index < -0.39 is 0 Å². The molecule has 0 radical (unpaired) electrons. The summed E-state index contributed by atoms with van der Waals surface area (Å²) in [5, 5.41) is 3.39. The van der Waals surface area contributed by atoms with Crippen LogP contribution in [0.25, 0.3) is 0 Å². The summed E-state index contributed by atoms with van der Waals surface area (Å²) in [6.45, 7) is 12.5. The number of amides is 1. The highest BCUT2D eigenvalue weighted by atomic mass is 32.1. The Kier molecular flexibility index (Phi) is 6.69. The van der Waals surface area contributed by atoms with E-state index >= 15 is 0 Å². The molecule has 1 unspecified atom stereocenters. The lowest BCUT2D eigenvalue weighted by molar-refractivity contribution is -0.129. The maximum atomic E-state index is 12.8. The molecule has 3 fully saturated rings. The normalized spacial score (nSPS) is 36.2. The van der Waals surface area contributed by atoms with Crippen molar-refractivity contribution >= 4 is 17.2 Å². The van der Waals surface area contributed by atoms with Gasteiger partial charge in [-0.15, -0.1) is 11.3 Å². The second-order valence-corrected chi connectivity index (χ2v) is 13.5. The van der Waals surface area contributed by atoms with Crippen molar-refractivity contribution < 1.29 is 9.53 Å². The highest BCUT2D eigenvalue weighted by molar-refractivity contribution is 7.12.